The highest BCUT2D eigenvalue weighted by Gasteiger charge is 2.31. The molecule has 1 aliphatic rings. The van der Waals surface area contributed by atoms with Gasteiger partial charge in [-0.05, 0) is 17.9 Å². The molecule has 0 fully saturated rings. The molecule has 2 rings (SSSR count). The number of amides is 2. The van der Waals surface area contributed by atoms with Gasteiger partial charge in [-0.15, -0.1) is 11.3 Å². The predicted octanol–water partition coefficient (Wildman–Crippen LogP) is 1.18. The molecule has 0 aliphatic carbocycles. The summed E-state index contributed by atoms with van der Waals surface area (Å²) in [7, 11) is 0. The van der Waals surface area contributed by atoms with Crippen LogP contribution in [-0.4, -0.2) is 22.9 Å². The van der Waals surface area contributed by atoms with E-state index in [4.69, 9.17) is 5.11 Å². The Kier molecular flexibility index (Phi) is 2.35. The third-order valence-corrected chi connectivity index (χ3v) is 3.24. The van der Waals surface area contributed by atoms with Crippen LogP contribution in [0.15, 0.2) is 17.5 Å². The smallest absolute Gasteiger partial charge is 0.348 e. The minimum Gasteiger partial charge on any atom is -0.477 e. The Morgan fingerprint density at radius 2 is 1.88 bits per heavy atom. The molecular formula is C10H7NO4S. The quantitative estimate of drug-likeness (QED) is 0.784. The fourth-order valence-corrected chi connectivity index (χ4v) is 2.36. The first-order chi connectivity index (χ1) is 7.52. The van der Waals surface area contributed by atoms with E-state index >= 15 is 0 Å². The van der Waals surface area contributed by atoms with Crippen molar-refractivity contribution in [1.29, 1.82) is 0 Å². The second kappa shape index (κ2) is 3.57. The van der Waals surface area contributed by atoms with Crippen LogP contribution in [0.1, 0.15) is 15.2 Å². The molecule has 0 radical (unpaired) electrons. The fraction of sp³-hybridized carbons (Fsp3) is 0.100. The van der Waals surface area contributed by atoms with E-state index in [0.717, 1.165) is 28.4 Å². The number of imide groups is 1. The highest BCUT2D eigenvalue weighted by atomic mass is 32.1. The van der Waals surface area contributed by atoms with Crippen molar-refractivity contribution in [3.63, 3.8) is 0 Å². The van der Waals surface area contributed by atoms with Crippen LogP contribution in [0.4, 0.5) is 5.69 Å². The molecule has 0 atom stereocenters. The predicted molar refractivity (Wildman–Crippen MR) is 57.6 cm³/mol. The van der Waals surface area contributed by atoms with Crippen molar-refractivity contribution in [3.8, 4) is 0 Å². The normalized spacial score (nSPS) is 14.9. The number of anilines is 1. The van der Waals surface area contributed by atoms with Gasteiger partial charge < -0.3 is 5.11 Å². The van der Waals surface area contributed by atoms with Crippen LogP contribution in [0, 0.1) is 6.92 Å². The number of carbonyl (C=O) groups is 3. The lowest BCUT2D eigenvalue weighted by Gasteiger charge is -2.14. The van der Waals surface area contributed by atoms with Crippen LogP contribution in [0.2, 0.25) is 0 Å². The van der Waals surface area contributed by atoms with E-state index in [-0.39, 0.29) is 10.6 Å². The van der Waals surface area contributed by atoms with Crippen molar-refractivity contribution < 1.29 is 19.5 Å². The zero-order valence-corrected chi connectivity index (χ0v) is 9.08. The molecule has 1 N–H and O–H groups in total. The van der Waals surface area contributed by atoms with Gasteiger partial charge >= 0.3 is 5.97 Å². The molecule has 6 heteroatoms. The Morgan fingerprint density at radius 3 is 2.38 bits per heavy atom. The molecule has 0 bridgehead atoms. The number of nitrogens with zero attached hydrogens (tertiary/aromatic N) is 1. The average molecular weight is 237 g/mol. The molecule has 2 amide bonds. The summed E-state index contributed by atoms with van der Waals surface area (Å²) < 4.78 is 0. The Labute approximate surface area is 94.6 Å². The first kappa shape index (κ1) is 10.6. The van der Waals surface area contributed by atoms with Crippen molar-refractivity contribution in [2.45, 2.75) is 6.92 Å². The molecule has 0 unspecified atom stereocenters. The second-order valence-corrected chi connectivity index (χ2v) is 4.13. The molecule has 16 heavy (non-hydrogen) atoms. The third-order valence-electron chi connectivity index (χ3n) is 2.17. The van der Waals surface area contributed by atoms with Gasteiger partial charge in [-0.3, -0.25) is 9.59 Å². The van der Waals surface area contributed by atoms with Crippen molar-refractivity contribution in [2.75, 3.05) is 4.90 Å². The highest BCUT2D eigenvalue weighted by molar-refractivity contribution is 7.12. The van der Waals surface area contributed by atoms with E-state index in [1.165, 1.54) is 0 Å². The molecule has 82 valence electrons. The first-order valence-corrected chi connectivity index (χ1v) is 5.28. The third kappa shape index (κ3) is 1.43. The Morgan fingerprint density at radius 1 is 1.31 bits per heavy atom. The van der Waals surface area contributed by atoms with Gasteiger partial charge in [-0.25, -0.2) is 9.69 Å². The number of rotatable bonds is 2. The number of aryl methyl sites for hydroxylation is 1. The molecule has 1 aliphatic heterocycles. The zero-order chi connectivity index (χ0) is 11.9. The number of thiophene rings is 1. The van der Waals surface area contributed by atoms with Gasteiger partial charge in [0.1, 0.15) is 4.88 Å². The summed E-state index contributed by atoms with van der Waals surface area (Å²) in [5.41, 5.74) is 0.783. The molecule has 1 aromatic heterocycles. The SMILES string of the molecule is Cc1csc(C(=O)O)c1N1C(=O)C=CC1=O. The van der Waals surface area contributed by atoms with E-state index < -0.39 is 17.8 Å². The minimum absolute atomic E-state index is 0.00269. The maximum absolute atomic E-state index is 11.4. The van der Waals surface area contributed by atoms with E-state index in [0.29, 0.717) is 5.56 Å². The Balaban J connectivity index is 2.56. The maximum Gasteiger partial charge on any atom is 0.348 e. The van der Waals surface area contributed by atoms with Crippen LogP contribution in [0.3, 0.4) is 0 Å². The molecule has 2 heterocycles. The lowest BCUT2D eigenvalue weighted by atomic mass is 10.2. The van der Waals surface area contributed by atoms with Gasteiger partial charge in [0.15, 0.2) is 0 Å². The Bertz CT molecular complexity index is 511. The van der Waals surface area contributed by atoms with Gasteiger partial charge in [-0.1, -0.05) is 0 Å². The Hall–Kier alpha value is -1.95. The summed E-state index contributed by atoms with van der Waals surface area (Å²) >= 11 is 1.00. The fourth-order valence-electron chi connectivity index (χ4n) is 1.49. The van der Waals surface area contributed by atoms with E-state index in [1.807, 2.05) is 0 Å². The molecule has 0 spiro atoms. The zero-order valence-electron chi connectivity index (χ0n) is 8.26. The van der Waals surface area contributed by atoms with Crippen molar-refractivity contribution in [3.05, 3.63) is 28.0 Å². The van der Waals surface area contributed by atoms with E-state index in [2.05, 4.69) is 0 Å². The number of hydrogen-bond acceptors (Lipinski definition) is 4. The van der Waals surface area contributed by atoms with E-state index in [9.17, 15) is 14.4 Å². The van der Waals surface area contributed by atoms with Crippen LogP contribution in [0.25, 0.3) is 0 Å². The monoisotopic (exact) mass is 237 g/mol. The van der Waals surface area contributed by atoms with Crippen LogP contribution in [0.5, 0.6) is 0 Å². The topological polar surface area (TPSA) is 74.7 Å². The first-order valence-electron chi connectivity index (χ1n) is 4.40. The second-order valence-electron chi connectivity index (χ2n) is 3.25. The molecule has 0 saturated carbocycles. The maximum atomic E-state index is 11.4. The largest absolute Gasteiger partial charge is 0.477 e. The van der Waals surface area contributed by atoms with Crippen molar-refractivity contribution in [1.82, 2.24) is 0 Å². The van der Waals surface area contributed by atoms with E-state index in [1.54, 1.807) is 12.3 Å². The molecule has 0 aromatic carbocycles. The lowest BCUT2D eigenvalue weighted by molar-refractivity contribution is -0.119. The van der Waals surface area contributed by atoms with Gasteiger partial charge in [0, 0.05) is 12.2 Å². The summed E-state index contributed by atoms with van der Waals surface area (Å²) in [6.45, 7) is 1.66. The van der Waals surface area contributed by atoms with Crippen molar-refractivity contribution in [2.24, 2.45) is 0 Å². The van der Waals surface area contributed by atoms with Crippen LogP contribution >= 0.6 is 11.3 Å². The van der Waals surface area contributed by atoms with Crippen LogP contribution in [-0.2, 0) is 9.59 Å². The molecule has 0 saturated heterocycles. The highest BCUT2D eigenvalue weighted by Crippen LogP contribution is 2.32. The lowest BCUT2D eigenvalue weighted by Crippen LogP contribution is -2.31. The summed E-state index contributed by atoms with van der Waals surface area (Å²) in [5.74, 6) is -2.15. The summed E-state index contributed by atoms with van der Waals surface area (Å²) in [5, 5.41) is 10.6. The average Bonchev–Trinajstić information content (AvgIpc) is 2.71. The van der Waals surface area contributed by atoms with Crippen LogP contribution < -0.4 is 4.90 Å². The number of aromatic carboxylic acids is 1. The summed E-state index contributed by atoms with van der Waals surface area (Å²) in [6, 6.07) is 0. The van der Waals surface area contributed by atoms with Crippen molar-refractivity contribution >= 4 is 34.8 Å². The van der Waals surface area contributed by atoms with Gasteiger partial charge in [0.25, 0.3) is 11.8 Å². The number of carboxylic acids is 1. The number of carbonyl (C=O) groups excluding carboxylic acids is 2. The van der Waals surface area contributed by atoms with Gasteiger partial charge in [-0.2, -0.15) is 0 Å². The number of carboxylic acid groups (broad SMARTS) is 1. The molecule has 1 aromatic rings. The van der Waals surface area contributed by atoms with Gasteiger partial charge in [0.05, 0.1) is 5.69 Å². The van der Waals surface area contributed by atoms with Gasteiger partial charge in [0.2, 0.25) is 0 Å². The summed E-state index contributed by atoms with van der Waals surface area (Å²) in [6.07, 6.45) is 2.26. The molecule has 5 nitrogen and oxygen atoms in total. The standard InChI is InChI=1S/C10H7NO4S/c1-5-4-16-9(10(14)15)8(5)11-6(12)2-3-7(11)13/h2-4H,1H3,(H,14,15). The molecular weight excluding hydrogens is 230 g/mol. The minimum atomic E-state index is -1.14. The summed E-state index contributed by atoms with van der Waals surface area (Å²) in [4.78, 5) is 34.7. The number of hydrogen-bond donors (Lipinski definition) is 1.